The Labute approximate surface area is 125 Å². The van der Waals surface area contributed by atoms with Gasteiger partial charge in [0.2, 0.25) is 5.95 Å². The molecule has 1 saturated heterocycles. The maximum atomic E-state index is 6.10. The number of anilines is 2. The van der Waals surface area contributed by atoms with Crippen LogP contribution in [0.25, 0.3) is 20.3 Å². The molecule has 0 bridgehead atoms. The van der Waals surface area contributed by atoms with E-state index >= 15 is 0 Å². The fourth-order valence-electron chi connectivity index (χ4n) is 2.76. The first-order chi connectivity index (χ1) is 9.72. The number of thiophene rings is 1. The molecule has 2 aromatic heterocycles. The second-order valence-corrected chi connectivity index (χ2v) is 6.51. The molecule has 0 saturated carbocycles. The predicted octanol–water partition coefficient (Wildman–Crippen LogP) is 3.68. The lowest BCUT2D eigenvalue weighted by molar-refractivity contribution is 0.944. The van der Waals surface area contributed by atoms with Gasteiger partial charge >= 0.3 is 0 Å². The molecule has 3 aromatic rings. The average Bonchev–Trinajstić information content (AvgIpc) is 3.05. The minimum atomic E-state index is 0.332. The first-order valence-electron chi connectivity index (χ1n) is 6.62. The fourth-order valence-corrected chi connectivity index (χ4v) is 4.07. The monoisotopic (exact) mass is 304 g/mol. The number of halogens is 1. The van der Waals surface area contributed by atoms with Crippen molar-refractivity contribution in [3.05, 3.63) is 23.2 Å². The number of nitrogens with zero attached hydrogens (tertiary/aromatic N) is 3. The molecule has 0 radical (unpaired) electrons. The zero-order valence-corrected chi connectivity index (χ0v) is 12.3. The maximum absolute atomic E-state index is 6.10. The average molecular weight is 305 g/mol. The Morgan fingerprint density at radius 2 is 2.00 bits per heavy atom. The number of nitrogen functional groups attached to an aromatic ring is 1. The van der Waals surface area contributed by atoms with Crippen LogP contribution in [0.5, 0.6) is 0 Å². The van der Waals surface area contributed by atoms with Crippen LogP contribution < -0.4 is 10.6 Å². The Bertz CT molecular complexity index is 808. The second-order valence-electron chi connectivity index (χ2n) is 5.02. The number of aromatic nitrogens is 2. The van der Waals surface area contributed by atoms with Gasteiger partial charge < -0.3 is 10.6 Å². The number of nitrogens with two attached hydrogens (primary N) is 1. The summed E-state index contributed by atoms with van der Waals surface area (Å²) >= 11 is 7.81. The summed E-state index contributed by atoms with van der Waals surface area (Å²) in [5.74, 6) is 1.31. The molecule has 1 fully saturated rings. The number of fused-ring (bicyclic) bond motifs is 3. The predicted molar refractivity (Wildman–Crippen MR) is 85.8 cm³/mol. The third kappa shape index (κ3) is 1.81. The van der Waals surface area contributed by atoms with Crippen molar-refractivity contribution in [2.75, 3.05) is 23.7 Å². The summed E-state index contributed by atoms with van der Waals surface area (Å²) in [7, 11) is 0. The molecule has 0 amide bonds. The number of benzene rings is 1. The van der Waals surface area contributed by atoms with Crippen LogP contribution in [0.1, 0.15) is 12.8 Å². The largest absolute Gasteiger partial charge is 0.368 e. The Morgan fingerprint density at radius 1 is 1.20 bits per heavy atom. The van der Waals surface area contributed by atoms with Gasteiger partial charge in [0.05, 0.1) is 10.2 Å². The molecule has 0 unspecified atom stereocenters. The smallest absolute Gasteiger partial charge is 0.222 e. The van der Waals surface area contributed by atoms with Crippen LogP contribution >= 0.6 is 22.9 Å². The summed E-state index contributed by atoms with van der Waals surface area (Å²) in [4.78, 5) is 11.2. The van der Waals surface area contributed by atoms with Crippen molar-refractivity contribution in [1.29, 1.82) is 0 Å². The molecule has 20 heavy (non-hydrogen) atoms. The molecule has 4 rings (SSSR count). The van der Waals surface area contributed by atoms with Crippen molar-refractivity contribution in [3.8, 4) is 0 Å². The van der Waals surface area contributed by atoms with E-state index in [0.717, 1.165) is 39.5 Å². The van der Waals surface area contributed by atoms with Gasteiger partial charge in [-0.1, -0.05) is 11.6 Å². The lowest BCUT2D eigenvalue weighted by Crippen LogP contribution is -2.19. The van der Waals surface area contributed by atoms with E-state index in [1.807, 2.05) is 18.2 Å². The van der Waals surface area contributed by atoms with E-state index in [1.165, 1.54) is 17.5 Å². The van der Waals surface area contributed by atoms with Gasteiger partial charge in [0.1, 0.15) is 0 Å². The van der Waals surface area contributed by atoms with Crippen molar-refractivity contribution in [2.45, 2.75) is 12.8 Å². The zero-order chi connectivity index (χ0) is 13.7. The van der Waals surface area contributed by atoms with Crippen LogP contribution in [0.4, 0.5) is 11.8 Å². The van der Waals surface area contributed by atoms with Crippen LogP contribution in [0.3, 0.4) is 0 Å². The van der Waals surface area contributed by atoms with Gasteiger partial charge in [0.25, 0.3) is 0 Å². The van der Waals surface area contributed by atoms with Crippen LogP contribution in [0.2, 0.25) is 5.02 Å². The molecule has 1 aliphatic rings. The van der Waals surface area contributed by atoms with E-state index in [0.29, 0.717) is 5.95 Å². The standard InChI is InChI=1S/C14H13ClN4S/c15-8-3-4-10-9(7-8)11-12(20-10)13(18-14(16)17-11)19-5-1-2-6-19/h3-4,7H,1-2,5-6H2,(H2,16,17,18). The summed E-state index contributed by atoms with van der Waals surface area (Å²) in [6, 6.07) is 5.90. The number of hydrogen-bond acceptors (Lipinski definition) is 5. The van der Waals surface area contributed by atoms with E-state index in [-0.39, 0.29) is 0 Å². The zero-order valence-electron chi connectivity index (χ0n) is 10.8. The highest BCUT2D eigenvalue weighted by molar-refractivity contribution is 7.26. The summed E-state index contributed by atoms with van der Waals surface area (Å²) in [5.41, 5.74) is 6.82. The molecule has 3 heterocycles. The van der Waals surface area contributed by atoms with Crippen molar-refractivity contribution in [3.63, 3.8) is 0 Å². The number of hydrogen-bond donors (Lipinski definition) is 1. The lowest BCUT2D eigenvalue weighted by Gasteiger charge is -2.16. The lowest BCUT2D eigenvalue weighted by atomic mass is 10.2. The second kappa shape index (κ2) is 4.46. The Balaban J connectivity index is 2.06. The van der Waals surface area contributed by atoms with Crippen LogP contribution in [0, 0.1) is 0 Å². The van der Waals surface area contributed by atoms with Gasteiger partial charge in [-0.15, -0.1) is 11.3 Å². The first kappa shape index (κ1) is 12.2. The molecule has 0 atom stereocenters. The van der Waals surface area contributed by atoms with Gasteiger partial charge in [-0.25, -0.2) is 4.98 Å². The Kier molecular flexibility index (Phi) is 2.72. The Morgan fingerprint density at radius 3 is 2.80 bits per heavy atom. The van der Waals surface area contributed by atoms with Crippen LogP contribution in [0.15, 0.2) is 18.2 Å². The van der Waals surface area contributed by atoms with Crippen LogP contribution in [-0.4, -0.2) is 23.1 Å². The van der Waals surface area contributed by atoms with Gasteiger partial charge in [0, 0.05) is 28.2 Å². The van der Waals surface area contributed by atoms with Gasteiger partial charge in [-0.2, -0.15) is 4.98 Å². The molecule has 6 heteroatoms. The molecular weight excluding hydrogens is 292 g/mol. The molecule has 0 aliphatic carbocycles. The van der Waals surface area contributed by atoms with Crippen LogP contribution in [-0.2, 0) is 0 Å². The van der Waals surface area contributed by atoms with Gasteiger partial charge in [0.15, 0.2) is 5.82 Å². The Hall–Kier alpha value is -1.59. The molecule has 4 nitrogen and oxygen atoms in total. The van der Waals surface area contributed by atoms with E-state index in [1.54, 1.807) is 11.3 Å². The molecule has 0 spiro atoms. The summed E-state index contributed by atoms with van der Waals surface area (Å²) < 4.78 is 2.28. The van der Waals surface area contributed by atoms with E-state index in [9.17, 15) is 0 Å². The van der Waals surface area contributed by atoms with Gasteiger partial charge in [-0.05, 0) is 31.0 Å². The molecule has 2 N–H and O–H groups in total. The molecular formula is C14H13ClN4S. The minimum absolute atomic E-state index is 0.332. The maximum Gasteiger partial charge on any atom is 0.222 e. The van der Waals surface area contributed by atoms with E-state index in [2.05, 4.69) is 14.9 Å². The van der Waals surface area contributed by atoms with Crippen molar-refractivity contribution < 1.29 is 0 Å². The van der Waals surface area contributed by atoms with Crippen molar-refractivity contribution >= 4 is 55.0 Å². The van der Waals surface area contributed by atoms with Crippen molar-refractivity contribution in [2.24, 2.45) is 0 Å². The highest BCUT2D eigenvalue weighted by Crippen LogP contribution is 2.39. The summed E-state index contributed by atoms with van der Waals surface area (Å²) in [6.07, 6.45) is 2.42. The highest BCUT2D eigenvalue weighted by Gasteiger charge is 2.20. The number of rotatable bonds is 1. The molecule has 102 valence electrons. The summed E-state index contributed by atoms with van der Waals surface area (Å²) in [6.45, 7) is 2.08. The normalized spacial score (nSPS) is 15.6. The SMILES string of the molecule is Nc1nc(N2CCCC2)c2sc3ccc(Cl)cc3c2n1. The third-order valence-electron chi connectivity index (χ3n) is 3.68. The van der Waals surface area contributed by atoms with Crippen molar-refractivity contribution in [1.82, 2.24) is 9.97 Å². The van der Waals surface area contributed by atoms with E-state index in [4.69, 9.17) is 17.3 Å². The molecule has 1 aromatic carbocycles. The molecule has 1 aliphatic heterocycles. The van der Waals surface area contributed by atoms with E-state index < -0.39 is 0 Å². The highest BCUT2D eigenvalue weighted by atomic mass is 35.5. The topological polar surface area (TPSA) is 55.0 Å². The summed E-state index contributed by atoms with van der Waals surface area (Å²) in [5, 5.41) is 1.78. The minimum Gasteiger partial charge on any atom is -0.368 e. The first-order valence-corrected chi connectivity index (χ1v) is 7.82. The quantitative estimate of drug-likeness (QED) is 0.745. The third-order valence-corrected chi connectivity index (χ3v) is 5.07. The fraction of sp³-hybridized carbons (Fsp3) is 0.286. The van der Waals surface area contributed by atoms with Gasteiger partial charge in [-0.3, -0.25) is 0 Å².